The highest BCUT2D eigenvalue weighted by atomic mass is 16.6. The topological polar surface area (TPSA) is 31.0 Å². The monoisotopic (exact) mass is 242 g/mol. The van der Waals surface area contributed by atoms with E-state index < -0.39 is 0 Å². The predicted octanol–water partition coefficient (Wildman–Crippen LogP) is 2.95. The number of epoxide rings is 1. The van der Waals surface area contributed by atoms with E-state index in [0.717, 1.165) is 58.7 Å². The summed E-state index contributed by atoms with van der Waals surface area (Å²) in [5, 5.41) is 0. The molecule has 0 spiro atoms. The number of hydrogen-bond donors (Lipinski definition) is 0. The van der Waals surface area contributed by atoms with Crippen LogP contribution in [0.25, 0.3) is 0 Å². The molecule has 0 aromatic carbocycles. The Hall–Kier alpha value is -0.380. The van der Waals surface area contributed by atoms with Gasteiger partial charge in [0.05, 0.1) is 12.7 Å². The first-order valence-electron chi connectivity index (χ1n) is 6.81. The van der Waals surface area contributed by atoms with Crippen molar-refractivity contribution in [3.63, 3.8) is 0 Å². The molecule has 0 aliphatic carbocycles. The summed E-state index contributed by atoms with van der Waals surface area (Å²) < 4.78 is 16.1. The van der Waals surface area contributed by atoms with Crippen LogP contribution in [0.1, 0.15) is 38.5 Å². The van der Waals surface area contributed by atoms with Crippen LogP contribution in [0.15, 0.2) is 12.7 Å². The van der Waals surface area contributed by atoms with Crippen LogP contribution in [-0.2, 0) is 14.2 Å². The molecule has 1 heterocycles. The second-order valence-electron chi connectivity index (χ2n) is 4.46. The Bertz CT molecular complexity index is 178. The average Bonchev–Trinajstić information content (AvgIpc) is 3.15. The summed E-state index contributed by atoms with van der Waals surface area (Å²) in [7, 11) is 0. The van der Waals surface area contributed by atoms with E-state index in [1.165, 1.54) is 12.8 Å². The average molecular weight is 242 g/mol. The maximum Gasteiger partial charge on any atom is 0.0831 e. The maximum absolute atomic E-state index is 5.52. The van der Waals surface area contributed by atoms with Crippen LogP contribution in [0.5, 0.6) is 0 Å². The smallest absolute Gasteiger partial charge is 0.0831 e. The number of hydrogen-bond acceptors (Lipinski definition) is 3. The molecule has 3 nitrogen and oxygen atoms in total. The minimum atomic E-state index is 0.503. The lowest BCUT2D eigenvalue weighted by Crippen LogP contribution is -2.00. The van der Waals surface area contributed by atoms with Gasteiger partial charge in [0.1, 0.15) is 0 Å². The molecule has 1 unspecified atom stereocenters. The summed E-state index contributed by atoms with van der Waals surface area (Å²) in [5.41, 5.74) is 0. The van der Waals surface area contributed by atoms with E-state index in [1.54, 1.807) is 0 Å². The minimum absolute atomic E-state index is 0.503. The molecule has 0 aromatic rings. The zero-order valence-electron chi connectivity index (χ0n) is 10.9. The summed E-state index contributed by atoms with van der Waals surface area (Å²) in [6, 6.07) is 0. The Morgan fingerprint density at radius 3 is 2.24 bits per heavy atom. The van der Waals surface area contributed by atoms with Crippen molar-refractivity contribution in [1.29, 1.82) is 0 Å². The summed E-state index contributed by atoms with van der Waals surface area (Å²) in [4.78, 5) is 0. The van der Waals surface area contributed by atoms with E-state index in [4.69, 9.17) is 14.2 Å². The Kier molecular flexibility index (Phi) is 9.29. The Morgan fingerprint density at radius 1 is 1.00 bits per heavy atom. The van der Waals surface area contributed by atoms with Gasteiger partial charge in [0.15, 0.2) is 0 Å². The van der Waals surface area contributed by atoms with Gasteiger partial charge in [-0.15, -0.1) is 6.58 Å². The fourth-order valence-corrected chi connectivity index (χ4v) is 1.58. The first-order chi connectivity index (χ1) is 8.43. The fraction of sp³-hybridized carbons (Fsp3) is 0.857. The summed E-state index contributed by atoms with van der Waals surface area (Å²) in [6.45, 7) is 8.04. The Labute approximate surface area is 105 Å². The lowest BCUT2D eigenvalue weighted by atomic mass is 10.2. The van der Waals surface area contributed by atoms with Crippen molar-refractivity contribution in [2.75, 3.05) is 33.0 Å². The SMILES string of the molecule is C=CCCOCCCCCCOCCC1CO1. The third-order valence-corrected chi connectivity index (χ3v) is 2.78. The van der Waals surface area contributed by atoms with E-state index in [1.807, 2.05) is 6.08 Å². The fourth-order valence-electron chi connectivity index (χ4n) is 1.58. The lowest BCUT2D eigenvalue weighted by molar-refractivity contribution is 0.117. The van der Waals surface area contributed by atoms with Gasteiger partial charge in [0, 0.05) is 26.4 Å². The quantitative estimate of drug-likeness (QED) is 0.283. The molecular weight excluding hydrogens is 216 g/mol. The molecule has 1 fully saturated rings. The van der Waals surface area contributed by atoms with Crippen LogP contribution in [0, 0.1) is 0 Å². The van der Waals surface area contributed by atoms with Crippen LogP contribution in [0.4, 0.5) is 0 Å². The molecule has 0 aromatic heterocycles. The van der Waals surface area contributed by atoms with Crippen LogP contribution in [0.3, 0.4) is 0 Å². The number of ether oxygens (including phenoxy) is 3. The molecule has 0 bridgehead atoms. The van der Waals surface area contributed by atoms with Crippen molar-refractivity contribution in [3.8, 4) is 0 Å². The Morgan fingerprint density at radius 2 is 1.65 bits per heavy atom. The van der Waals surface area contributed by atoms with Crippen molar-refractivity contribution in [3.05, 3.63) is 12.7 Å². The lowest BCUT2D eigenvalue weighted by Gasteiger charge is -2.04. The molecule has 0 radical (unpaired) electrons. The molecule has 0 saturated carbocycles. The highest BCUT2D eigenvalue weighted by molar-refractivity contribution is 4.67. The number of rotatable bonds is 13. The second-order valence-corrected chi connectivity index (χ2v) is 4.46. The van der Waals surface area contributed by atoms with Gasteiger partial charge in [0.2, 0.25) is 0 Å². The van der Waals surface area contributed by atoms with Crippen molar-refractivity contribution in [1.82, 2.24) is 0 Å². The predicted molar refractivity (Wildman–Crippen MR) is 69.3 cm³/mol. The Balaban J connectivity index is 1.62. The molecule has 0 N–H and O–H groups in total. The molecule has 1 aliphatic heterocycles. The molecule has 1 rings (SSSR count). The molecule has 17 heavy (non-hydrogen) atoms. The van der Waals surface area contributed by atoms with Gasteiger partial charge < -0.3 is 14.2 Å². The molecule has 1 aliphatic rings. The van der Waals surface area contributed by atoms with Gasteiger partial charge in [-0.2, -0.15) is 0 Å². The van der Waals surface area contributed by atoms with Crippen molar-refractivity contribution >= 4 is 0 Å². The van der Waals surface area contributed by atoms with Gasteiger partial charge in [-0.3, -0.25) is 0 Å². The minimum Gasteiger partial charge on any atom is -0.381 e. The van der Waals surface area contributed by atoms with Gasteiger partial charge in [-0.25, -0.2) is 0 Å². The van der Waals surface area contributed by atoms with Crippen molar-refractivity contribution in [2.45, 2.75) is 44.6 Å². The highest BCUT2D eigenvalue weighted by Crippen LogP contribution is 2.12. The van der Waals surface area contributed by atoms with E-state index in [0.29, 0.717) is 6.10 Å². The maximum atomic E-state index is 5.52. The van der Waals surface area contributed by atoms with Gasteiger partial charge in [-0.1, -0.05) is 18.9 Å². The summed E-state index contributed by atoms with van der Waals surface area (Å²) in [6.07, 6.45) is 9.22. The van der Waals surface area contributed by atoms with Gasteiger partial charge in [0.25, 0.3) is 0 Å². The van der Waals surface area contributed by atoms with Crippen molar-refractivity contribution in [2.24, 2.45) is 0 Å². The number of unbranched alkanes of at least 4 members (excludes halogenated alkanes) is 3. The standard InChI is InChI=1S/C14H26O3/c1-2-3-9-15-10-6-4-5-7-11-16-12-8-14-13-17-14/h2,14H,1,3-13H2. The second kappa shape index (κ2) is 10.8. The molecule has 1 saturated heterocycles. The zero-order valence-corrected chi connectivity index (χ0v) is 10.9. The third-order valence-electron chi connectivity index (χ3n) is 2.78. The van der Waals surface area contributed by atoms with Crippen LogP contribution >= 0.6 is 0 Å². The summed E-state index contributed by atoms with van der Waals surface area (Å²) in [5.74, 6) is 0. The first kappa shape index (κ1) is 14.7. The molecule has 100 valence electrons. The van der Waals surface area contributed by atoms with Crippen LogP contribution in [0.2, 0.25) is 0 Å². The molecule has 0 amide bonds. The molecule has 3 heteroatoms. The molecule has 1 atom stereocenters. The van der Waals surface area contributed by atoms with E-state index in [2.05, 4.69) is 6.58 Å². The highest BCUT2D eigenvalue weighted by Gasteiger charge is 2.21. The van der Waals surface area contributed by atoms with Crippen molar-refractivity contribution < 1.29 is 14.2 Å². The van der Waals surface area contributed by atoms with E-state index in [-0.39, 0.29) is 0 Å². The van der Waals surface area contributed by atoms with Crippen LogP contribution < -0.4 is 0 Å². The zero-order chi connectivity index (χ0) is 12.2. The van der Waals surface area contributed by atoms with E-state index in [9.17, 15) is 0 Å². The van der Waals surface area contributed by atoms with E-state index >= 15 is 0 Å². The summed E-state index contributed by atoms with van der Waals surface area (Å²) >= 11 is 0. The first-order valence-corrected chi connectivity index (χ1v) is 6.81. The van der Waals surface area contributed by atoms with Crippen LogP contribution in [-0.4, -0.2) is 39.1 Å². The largest absolute Gasteiger partial charge is 0.381 e. The normalized spacial score (nSPS) is 18.2. The van der Waals surface area contributed by atoms with Gasteiger partial charge >= 0.3 is 0 Å². The molecular formula is C14H26O3. The third kappa shape index (κ3) is 10.5. The van der Waals surface area contributed by atoms with Gasteiger partial charge in [-0.05, 0) is 25.7 Å².